The van der Waals surface area contributed by atoms with Gasteiger partial charge in [0.25, 0.3) is 5.91 Å². The van der Waals surface area contributed by atoms with E-state index in [2.05, 4.69) is 31.0 Å². The van der Waals surface area contributed by atoms with Gasteiger partial charge in [0, 0.05) is 18.0 Å². The van der Waals surface area contributed by atoms with Crippen LogP contribution in [0.2, 0.25) is 0 Å². The molecule has 0 radical (unpaired) electrons. The van der Waals surface area contributed by atoms with E-state index in [-0.39, 0.29) is 5.91 Å². The molecule has 2 aromatic carbocycles. The van der Waals surface area contributed by atoms with Crippen LogP contribution in [0.15, 0.2) is 67.0 Å². The highest BCUT2D eigenvalue weighted by molar-refractivity contribution is 7.22. The van der Waals surface area contributed by atoms with Crippen molar-refractivity contribution in [2.45, 2.75) is 20.4 Å². The van der Waals surface area contributed by atoms with Gasteiger partial charge in [0.1, 0.15) is 0 Å². The summed E-state index contributed by atoms with van der Waals surface area (Å²) >= 11 is 1.55. The number of fused-ring (bicyclic) bond motifs is 1. The van der Waals surface area contributed by atoms with E-state index in [1.54, 1.807) is 28.6 Å². The molecule has 2 aromatic heterocycles. The van der Waals surface area contributed by atoms with Gasteiger partial charge in [-0.2, -0.15) is 0 Å². The van der Waals surface area contributed by atoms with Crippen LogP contribution in [0.1, 0.15) is 27.0 Å². The number of aryl methyl sites for hydroxylation is 2. The van der Waals surface area contributed by atoms with E-state index in [4.69, 9.17) is 4.98 Å². The Bertz CT molecular complexity index is 1090. The number of aromatic nitrogens is 2. The summed E-state index contributed by atoms with van der Waals surface area (Å²) in [5.41, 5.74) is 4.89. The summed E-state index contributed by atoms with van der Waals surface area (Å²) in [4.78, 5) is 24.0. The summed E-state index contributed by atoms with van der Waals surface area (Å²) in [5.74, 6) is -0.0621. The summed E-state index contributed by atoms with van der Waals surface area (Å²) in [6.07, 6.45) is 3.52. The predicted octanol–water partition coefficient (Wildman–Crippen LogP) is 5.16. The molecule has 0 unspecified atom stereocenters. The minimum atomic E-state index is -0.0621. The van der Waals surface area contributed by atoms with E-state index in [9.17, 15) is 4.79 Å². The lowest BCUT2D eigenvalue weighted by Gasteiger charge is -2.20. The SMILES string of the molecule is Cc1cc(C)c2nc(N(Cc3cccnc3)C(=O)c3ccccc3)sc2c1. The second-order valence-electron chi connectivity index (χ2n) is 6.54. The molecule has 0 aliphatic carbocycles. The molecule has 0 N–H and O–H groups in total. The molecule has 4 rings (SSSR count). The largest absolute Gasteiger partial charge is 0.279 e. The molecule has 0 spiro atoms. The number of amides is 1. The monoisotopic (exact) mass is 373 g/mol. The Hall–Kier alpha value is -3.05. The maximum atomic E-state index is 13.3. The molecule has 0 atom stereocenters. The van der Waals surface area contributed by atoms with Gasteiger partial charge in [-0.1, -0.05) is 41.7 Å². The lowest BCUT2D eigenvalue weighted by molar-refractivity contribution is 0.0985. The number of anilines is 1. The van der Waals surface area contributed by atoms with Crippen LogP contribution in [-0.4, -0.2) is 15.9 Å². The van der Waals surface area contributed by atoms with Crippen LogP contribution in [0.4, 0.5) is 5.13 Å². The number of nitrogens with zero attached hydrogens (tertiary/aromatic N) is 3. The van der Waals surface area contributed by atoms with Crippen LogP contribution in [-0.2, 0) is 6.54 Å². The molecule has 1 amide bonds. The third kappa shape index (κ3) is 3.59. The number of carbonyl (C=O) groups excluding carboxylic acids is 1. The molecule has 134 valence electrons. The van der Waals surface area contributed by atoms with Crippen molar-refractivity contribution in [2.24, 2.45) is 0 Å². The fraction of sp³-hybridized carbons (Fsp3) is 0.136. The van der Waals surface area contributed by atoms with E-state index in [1.807, 2.05) is 42.5 Å². The van der Waals surface area contributed by atoms with Gasteiger partial charge in [-0.15, -0.1) is 0 Å². The van der Waals surface area contributed by atoms with Gasteiger partial charge in [-0.05, 0) is 54.8 Å². The highest BCUT2D eigenvalue weighted by Gasteiger charge is 2.22. The van der Waals surface area contributed by atoms with Crippen LogP contribution < -0.4 is 4.90 Å². The number of hydrogen-bond donors (Lipinski definition) is 0. The van der Waals surface area contributed by atoms with Crippen LogP contribution in [0, 0.1) is 13.8 Å². The van der Waals surface area contributed by atoms with E-state index < -0.39 is 0 Å². The zero-order valence-electron chi connectivity index (χ0n) is 15.2. The number of rotatable bonds is 4. The Morgan fingerprint density at radius 3 is 2.63 bits per heavy atom. The molecule has 0 aliphatic rings. The maximum Gasteiger partial charge on any atom is 0.260 e. The zero-order valence-corrected chi connectivity index (χ0v) is 16.0. The molecule has 4 aromatic rings. The molecule has 4 nitrogen and oxygen atoms in total. The maximum absolute atomic E-state index is 13.3. The lowest BCUT2D eigenvalue weighted by atomic mass is 10.1. The Kier molecular flexibility index (Phi) is 4.69. The molecular formula is C22H19N3OS. The quantitative estimate of drug-likeness (QED) is 0.497. The Labute approximate surface area is 162 Å². The number of pyridine rings is 1. The number of benzene rings is 2. The van der Waals surface area contributed by atoms with Gasteiger partial charge in [0.15, 0.2) is 5.13 Å². The average molecular weight is 373 g/mol. The van der Waals surface area contributed by atoms with Crippen molar-refractivity contribution in [1.82, 2.24) is 9.97 Å². The van der Waals surface area contributed by atoms with Crippen LogP contribution >= 0.6 is 11.3 Å². The van der Waals surface area contributed by atoms with E-state index in [0.717, 1.165) is 21.3 Å². The lowest BCUT2D eigenvalue weighted by Crippen LogP contribution is -2.30. The minimum absolute atomic E-state index is 0.0621. The summed E-state index contributed by atoms with van der Waals surface area (Å²) < 4.78 is 1.10. The number of thiazole rings is 1. The normalized spacial score (nSPS) is 10.9. The standard InChI is InChI=1S/C22H19N3OS/c1-15-11-16(2)20-19(12-15)27-22(24-20)25(14-17-7-6-10-23-13-17)21(26)18-8-4-3-5-9-18/h3-13H,14H2,1-2H3. The summed E-state index contributed by atoms with van der Waals surface area (Å²) in [5, 5.41) is 0.705. The third-order valence-corrected chi connectivity index (χ3v) is 5.40. The first-order valence-electron chi connectivity index (χ1n) is 8.75. The van der Waals surface area contributed by atoms with E-state index in [1.165, 1.54) is 5.56 Å². The first-order valence-corrected chi connectivity index (χ1v) is 9.57. The first kappa shape index (κ1) is 17.4. The van der Waals surface area contributed by atoms with Gasteiger partial charge in [0.2, 0.25) is 0 Å². The highest BCUT2D eigenvalue weighted by Crippen LogP contribution is 2.33. The van der Waals surface area contributed by atoms with Gasteiger partial charge in [-0.25, -0.2) is 4.98 Å². The number of carbonyl (C=O) groups is 1. The molecule has 0 fully saturated rings. The average Bonchev–Trinajstić information content (AvgIpc) is 3.11. The van der Waals surface area contributed by atoms with Gasteiger partial charge < -0.3 is 0 Å². The Morgan fingerprint density at radius 1 is 1.07 bits per heavy atom. The van der Waals surface area contributed by atoms with Crippen LogP contribution in [0.25, 0.3) is 10.2 Å². The van der Waals surface area contributed by atoms with E-state index >= 15 is 0 Å². The summed E-state index contributed by atoms with van der Waals surface area (Å²) in [6, 6.07) is 17.4. The van der Waals surface area contributed by atoms with Gasteiger partial charge in [-0.3, -0.25) is 14.7 Å². The fourth-order valence-corrected chi connectivity index (χ4v) is 4.25. The van der Waals surface area contributed by atoms with Crippen LogP contribution in [0.5, 0.6) is 0 Å². The molecule has 0 saturated carbocycles. The Morgan fingerprint density at radius 2 is 1.89 bits per heavy atom. The molecular weight excluding hydrogens is 354 g/mol. The second kappa shape index (κ2) is 7.29. The molecule has 0 bridgehead atoms. The first-order chi connectivity index (χ1) is 13.1. The molecule has 2 heterocycles. The van der Waals surface area contributed by atoms with Crippen molar-refractivity contribution in [3.8, 4) is 0 Å². The van der Waals surface area contributed by atoms with Crippen molar-refractivity contribution >= 4 is 32.6 Å². The minimum Gasteiger partial charge on any atom is -0.279 e. The van der Waals surface area contributed by atoms with Crippen molar-refractivity contribution in [1.29, 1.82) is 0 Å². The summed E-state index contributed by atoms with van der Waals surface area (Å²) in [7, 11) is 0. The second-order valence-corrected chi connectivity index (χ2v) is 7.55. The molecule has 5 heteroatoms. The van der Waals surface area contributed by atoms with Crippen molar-refractivity contribution in [2.75, 3.05) is 4.90 Å². The third-order valence-electron chi connectivity index (χ3n) is 4.38. The predicted molar refractivity (Wildman–Crippen MR) is 110 cm³/mol. The molecule has 0 saturated heterocycles. The van der Waals surface area contributed by atoms with Crippen molar-refractivity contribution in [3.05, 3.63) is 89.2 Å². The van der Waals surface area contributed by atoms with Crippen molar-refractivity contribution in [3.63, 3.8) is 0 Å². The highest BCUT2D eigenvalue weighted by atomic mass is 32.1. The molecule has 27 heavy (non-hydrogen) atoms. The van der Waals surface area contributed by atoms with Crippen molar-refractivity contribution < 1.29 is 4.79 Å². The van der Waals surface area contributed by atoms with Gasteiger partial charge in [0.05, 0.1) is 16.8 Å². The molecule has 0 aliphatic heterocycles. The Balaban J connectivity index is 1.80. The zero-order chi connectivity index (χ0) is 18.8. The fourth-order valence-electron chi connectivity index (χ4n) is 3.11. The number of hydrogen-bond acceptors (Lipinski definition) is 4. The smallest absolute Gasteiger partial charge is 0.260 e. The summed E-state index contributed by atoms with van der Waals surface area (Å²) in [6.45, 7) is 4.57. The van der Waals surface area contributed by atoms with E-state index in [0.29, 0.717) is 17.2 Å². The van der Waals surface area contributed by atoms with Crippen LogP contribution in [0.3, 0.4) is 0 Å². The topological polar surface area (TPSA) is 46.1 Å². The van der Waals surface area contributed by atoms with Gasteiger partial charge >= 0.3 is 0 Å².